The molecule has 2 heterocycles. The SMILES string of the molecule is N#Cc1ccsc1NC(=O)CSc1cccc[n+]1[O-]. The average Bonchev–Trinajstić information content (AvgIpc) is 2.85. The molecule has 0 radical (unpaired) electrons. The van der Waals surface area contributed by atoms with Crippen molar-refractivity contribution < 1.29 is 9.52 Å². The van der Waals surface area contributed by atoms with Crippen molar-refractivity contribution in [3.63, 3.8) is 0 Å². The average molecular weight is 291 g/mol. The normalized spacial score (nSPS) is 9.84. The molecule has 1 N–H and O–H groups in total. The molecule has 1 amide bonds. The van der Waals surface area contributed by atoms with Crippen molar-refractivity contribution >= 4 is 34.0 Å². The maximum atomic E-state index is 11.7. The number of amides is 1. The molecule has 5 nitrogen and oxygen atoms in total. The molecule has 19 heavy (non-hydrogen) atoms. The third-order valence-corrected chi connectivity index (χ3v) is 4.03. The minimum absolute atomic E-state index is 0.120. The van der Waals surface area contributed by atoms with E-state index in [4.69, 9.17) is 5.26 Å². The van der Waals surface area contributed by atoms with Crippen LogP contribution in [0.2, 0.25) is 0 Å². The number of hydrogen-bond acceptors (Lipinski definition) is 5. The highest BCUT2D eigenvalue weighted by Crippen LogP contribution is 2.22. The summed E-state index contributed by atoms with van der Waals surface area (Å²) in [4.78, 5) is 11.7. The first kappa shape index (κ1) is 13.4. The molecule has 0 unspecified atom stereocenters. The third-order valence-electron chi connectivity index (χ3n) is 2.18. The van der Waals surface area contributed by atoms with E-state index in [-0.39, 0.29) is 11.7 Å². The molecule has 0 bridgehead atoms. The van der Waals surface area contributed by atoms with Crippen LogP contribution in [0.15, 0.2) is 40.9 Å². The van der Waals surface area contributed by atoms with Crippen molar-refractivity contribution in [2.45, 2.75) is 5.03 Å². The van der Waals surface area contributed by atoms with Crippen LogP contribution in [0, 0.1) is 16.5 Å². The number of rotatable bonds is 4. The Labute approximate surface area is 118 Å². The molecule has 0 aliphatic rings. The molecule has 0 aromatic carbocycles. The largest absolute Gasteiger partial charge is 0.618 e. The number of carbonyl (C=O) groups excluding carboxylic acids is 1. The number of pyridine rings is 1. The first-order valence-corrected chi connectivity index (χ1v) is 7.15. The quantitative estimate of drug-likeness (QED) is 0.530. The summed E-state index contributed by atoms with van der Waals surface area (Å²) in [6, 6.07) is 8.66. The van der Waals surface area contributed by atoms with Crippen molar-refractivity contribution in [3.05, 3.63) is 46.6 Å². The number of aromatic nitrogens is 1. The Hall–Kier alpha value is -2.04. The van der Waals surface area contributed by atoms with Gasteiger partial charge in [0.25, 0.3) is 5.03 Å². The van der Waals surface area contributed by atoms with Gasteiger partial charge in [-0.15, -0.1) is 11.3 Å². The first-order chi connectivity index (χ1) is 9.20. The van der Waals surface area contributed by atoms with Crippen LogP contribution in [-0.4, -0.2) is 11.7 Å². The molecule has 2 rings (SSSR count). The van der Waals surface area contributed by atoms with Crippen molar-refractivity contribution in [2.24, 2.45) is 0 Å². The molecular weight excluding hydrogens is 282 g/mol. The number of anilines is 1. The third kappa shape index (κ3) is 3.47. The molecule has 0 aliphatic heterocycles. The van der Waals surface area contributed by atoms with Gasteiger partial charge in [0, 0.05) is 12.1 Å². The maximum absolute atomic E-state index is 11.7. The molecule has 2 aromatic rings. The highest BCUT2D eigenvalue weighted by molar-refractivity contribution is 7.99. The summed E-state index contributed by atoms with van der Waals surface area (Å²) in [7, 11) is 0. The highest BCUT2D eigenvalue weighted by atomic mass is 32.2. The summed E-state index contributed by atoms with van der Waals surface area (Å²) < 4.78 is 0.712. The van der Waals surface area contributed by atoms with Gasteiger partial charge >= 0.3 is 0 Å². The van der Waals surface area contributed by atoms with E-state index in [1.807, 2.05) is 6.07 Å². The first-order valence-electron chi connectivity index (χ1n) is 5.29. The number of nitrogens with zero attached hydrogens (tertiary/aromatic N) is 2. The molecule has 0 saturated carbocycles. The fraction of sp³-hybridized carbons (Fsp3) is 0.0833. The number of nitrogens with one attached hydrogen (secondary N) is 1. The van der Waals surface area contributed by atoms with Crippen molar-refractivity contribution in [1.29, 1.82) is 5.26 Å². The Morgan fingerprint density at radius 3 is 3.11 bits per heavy atom. The van der Waals surface area contributed by atoms with E-state index in [2.05, 4.69) is 5.32 Å². The monoisotopic (exact) mass is 291 g/mol. The Balaban J connectivity index is 1.93. The van der Waals surface area contributed by atoms with Crippen LogP contribution in [0.3, 0.4) is 0 Å². The fourth-order valence-corrected chi connectivity index (χ4v) is 2.79. The van der Waals surface area contributed by atoms with Gasteiger partial charge in [-0.05, 0) is 29.3 Å². The lowest BCUT2D eigenvalue weighted by molar-refractivity contribution is -0.645. The second-order valence-corrected chi connectivity index (χ2v) is 5.39. The molecule has 0 fully saturated rings. The number of carbonyl (C=O) groups is 1. The second-order valence-electron chi connectivity index (χ2n) is 3.48. The van der Waals surface area contributed by atoms with Gasteiger partial charge < -0.3 is 10.5 Å². The summed E-state index contributed by atoms with van der Waals surface area (Å²) in [5, 5.41) is 25.6. The summed E-state index contributed by atoms with van der Waals surface area (Å²) in [6.07, 6.45) is 1.38. The summed E-state index contributed by atoms with van der Waals surface area (Å²) in [6.45, 7) is 0. The smallest absolute Gasteiger partial charge is 0.251 e. The molecule has 0 atom stereocenters. The van der Waals surface area contributed by atoms with E-state index < -0.39 is 0 Å². The lowest BCUT2D eigenvalue weighted by Crippen LogP contribution is -2.28. The second kappa shape index (κ2) is 6.22. The Kier molecular flexibility index (Phi) is 4.39. The van der Waals surface area contributed by atoms with Crippen LogP contribution in [0.4, 0.5) is 5.00 Å². The van der Waals surface area contributed by atoms with Gasteiger partial charge in [-0.25, -0.2) is 0 Å². The van der Waals surface area contributed by atoms with Gasteiger partial charge in [0.15, 0.2) is 6.20 Å². The van der Waals surface area contributed by atoms with Crippen LogP contribution < -0.4 is 10.0 Å². The van der Waals surface area contributed by atoms with Crippen molar-refractivity contribution in [3.8, 4) is 6.07 Å². The van der Waals surface area contributed by atoms with E-state index in [0.717, 1.165) is 11.8 Å². The summed E-state index contributed by atoms with van der Waals surface area (Å²) >= 11 is 2.45. The summed E-state index contributed by atoms with van der Waals surface area (Å²) in [5.74, 6) is -0.123. The van der Waals surface area contributed by atoms with E-state index in [0.29, 0.717) is 20.3 Å². The summed E-state index contributed by atoms with van der Waals surface area (Å²) in [5.41, 5.74) is 0.446. The lowest BCUT2D eigenvalue weighted by Gasteiger charge is -2.04. The van der Waals surface area contributed by atoms with E-state index >= 15 is 0 Å². The Morgan fingerprint density at radius 2 is 2.37 bits per heavy atom. The minimum atomic E-state index is -0.243. The topological polar surface area (TPSA) is 79.8 Å². The number of nitriles is 1. The number of thiophene rings is 1. The van der Waals surface area contributed by atoms with Crippen LogP contribution in [0.25, 0.3) is 0 Å². The van der Waals surface area contributed by atoms with Crippen LogP contribution in [0.5, 0.6) is 0 Å². The fourth-order valence-electron chi connectivity index (χ4n) is 1.32. The van der Waals surface area contributed by atoms with Crippen molar-refractivity contribution in [1.82, 2.24) is 0 Å². The Morgan fingerprint density at radius 1 is 1.53 bits per heavy atom. The van der Waals surface area contributed by atoms with E-state index in [1.54, 1.807) is 29.6 Å². The molecule has 0 saturated heterocycles. The highest BCUT2D eigenvalue weighted by Gasteiger charge is 2.11. The maximum Gasteiger partial charge on any atom is 0.251 e. The lowest BCUT2D eigenvalue weighted by atomic mass is 10.3. The van der Waals surface area contributed by atoms with Crippen LogP contribution >= 0.6 is 23.1 Å². The molecule has 2 aromatic heterocycles. The predicted octanol–water partition coefficient (Wildman–Crippen LogP) is 1.98. The van der Waals surface area contributed by atoms with Gasteiger partial charge in [0.2, 0.25) is 5.91 Å². The van der Waals surface area contributed by atoms with Gasteiger partial charge in [-0.2, -0.15) is 9.99 Å². The minimum Gasteiger partial charge on any atom is -0.618 e. The standard InChI is InChI=1S/C12H9N3O2S2/c13-7-9-4-6-18-12(9)14-10(16)8-19-11-3-1-2-5-15(11)17/h1-6H,8H2,(H,14,16). The van der Waals surface area contributed by atoms with Gasteiger partial charge in [-0.1, -0.05) is 0 Å². The molecular formula is C12H9N3O2S2. The molecule has 7 heteroatoms. The molecule has 0 spiro atoms. The predicted molar refractivity (Wildman–Crippen MR) is 73.8 cm³/mol. The number of hydrogen-bond donors (Lipinski definition) is 1. The molecule has 96 valence electrons. The molecule has 0 aliphatic carbocycles. The van der Waals surface area contributed by atoms with Gasteiger partial charge in [-0.3, -0.25) is 4.79 Å². The number of thioether (sulfide) groups is 1. The van der Waals surface area contributed by atoms with Gasteiger partial charge in [0.1, 0.15) is 11.1 Å². The zero-order valence-corrected chi connectivity index (χ0v) is 11.3. The van der Waals surface area contributed by atoms with Crippen LogP contribution in [-0.2, 0) is 4.79 Å². The van der Waals surface area contributed by atoms with Gasteiger partial charge in [0.05, 0.1) is 11.3 Å². The Bertz CT molecular complexity index is 634. The zero-order chi connectivity index (χ0) is 13.7. The van der Waals surface area contributed by atoms with Crippen molar-refractivity contribution in [2.75, 3.05) is 11.1 Å². The van der Waals surface area contributed by atoms with Crippen LogP contribution in [0.1, 0.15) is 5.56 Å². The zero-order valence-electron chi connectivity index (χ0n) is 9.70. The van der Waals surface area contributed by atoms with E-state index in [9.17, 15) is 10.0 Å². The van der Waals surface area contributed by atoms with E-state index in [1.165, 1.54) is 17.5 Å².